The van der Waals surface area contributed by atoms with Gasteiger partial charge < -0.3 is 4.90 Å². The van der Waals surface area contributed by atoms with E-state index in [-0.39, 0.29) is 0 Å². The molecule has 1 heteroatoms. The molecule has 1 atom stereocenters. The smallest absolute Gasteiger partial charge is 0.0166 e. The molecule has 1 saturated carbocycles. The largest absolute Gasteiger partial charge is 0.306 e. The maximum atomic E-state index is 2.39. The van der Waals surface area contributed by atoms with Crippen molar-refractivity contribution in [3.63, 3.8) is 0 Å². The van der Waals surface area contributed by atoms with Gasteiger partial charge in [0.15, 0.2) is 0 Å². The van der Waals surface area contributed by atoms with Crippen molar-refractivity contribution in [3.05, 3.63) is 0 Å². The van der Waals surface area contributed by atoms with Crippen molar-refractivity contribution in [2.24, 2.45) is 11.3 Å². The first kappa shape index (κ1) is 9.05. The summed E-state index contributed by atoms with van der Waals surface area (Å²) in [6.45, 7) is 7.03. The molecule has 0 heterocycles. The van der Waals surface area contributed by atoms with Gasteiger partial charge in [0.2, 0.25) is 0 Å². The minimum atomic E-state index is 0.449. The molecule has 1 rings (SSSR count). The molecule has 66 valence electrons. The topological polar surface area (TPSA) is 3.24 Å². The maximum Gasteiger partial charge on any atom is 0.0166 e. The van der Waals surface area contributed by atoms with E-state index >= 15 is 0 Å². The van der Waals surface area contributed by atoms with Crippen LogP contribution in [0.15, 0.2) is 0 Å². The summed E-state index contributed by atoms with van der Waals surface area (Å²) >= 11 is 0. The number of nitrogens with zero attached hydrogens (tertiary/aromatic N) is 1. The second-order valence-electron chi connectivity index (χ2n) is 5.11. The van der Waals surface area contributed by atoms with Crippen LogP contribution in [0.25, 0.3) is 0 Å². The summed E-state index contributed by atoms with van der Waals surface area (Å²) in [4.78, 5) is 2.39. The van der Waals surface area contributed by atoms with Crippen molar-refractivity contribution < 1.29 is 0 Å². The molecule has 0 aromatic carbocycles. The molecule has 0 saturated heterocycles. The van der Waals surface area contributed by atoms with Crippen LogP contribution in [0.5, 0.6) is 0 Å². The normalized spacial score (nSPS) is 22.4. The minimum absolute atomic E-state index is 0.449. The van der Waals surface area contributed by atoms with Gasteiger partial charge in [0.1, 0.15) is 0 Å². The molecular weight excluding hydrogens is 134 g/mol. The second-order valence-corrected chi connectivity index (χ2v) is 5.11. The molecular formula is C10H21N. The van der Waals surface area contributed by atoms with E-state index in [0.717, 1.165) is 12.0 Å². The van der Waals surface area contributed by atoms with Crippen molar-refractivity contribution in [1.29, 1.82) is 0 Å². The highest BCUT2D eigenvalue weighted by molar-refractivity contribution is 4.93. The lowest BCUT2D eigenvalue weighted by Gasteiger charge is -2.36. The fraction of sp³-hybridized carbons (Fsp3) is 1.00. The first-order valence-corrected chi connectivity index (χ1v) is 4.59. The first-order valence-electron chi connectivity index (χ1n) is 4.59. The molecule has 0 N–H and O–H groups in total. The van der Waals surface area contributed by atoms with E-state index in [1.54, 1.807) is 0 Å². The lowest BCUT2D eigenvalue weighted by molar-refractivity contribution is 0.131. The SMILES string of the molecule is CN(C)[C@H](C1CC1)C(C)(C)C. The van der Waals surface area contributed by atoms with Gasteiger partial charge in [0.25, 0.3) is 0 Å². The molecule has 0 aromatic heterocycles. The van der Waals surface area contributed by atoms with E-state index in [1.807, 2.05) is 0 Å². The molecule has 1 fully saturated rings. The van der Waals surface area contributed by atoms with Crippen LogP contribution in [0.2, 0.25) is 0 Å². The lowest BCUT2D eigenvalue weighted by atomic mass is 9.83. The molecule has 0 unspecified atom stereocenters. The highest BCUT2D eigenvalue weighted by Gasteiger charge is 2.39. The van der Waals surface area contributed by atoms with Gasteiger partial charge in [0.05, 0.1) is 0 Å². The van der Waals surface area contributed by atoms with Crippen LogP contribution in [0, 0.1) is 11.3 Å². The van der Waals surface area contributed by atoms with Crippen LogP contribution in [-0.2, 0) is 0 Å². The number of rotatable bonds is 2. The van der Waals surface area contributed by atoms with E-state index in [1.165, 1.54) is 12.8 Å². The summed E-state index contributed by atoms with van der Waals surface area (Å²) in [5.74, 6) is 0.977. The molecule has 0 amide bonds. The molecule has 1 nitrogen and oxygen atoms in total. The van der Waals surface area contributed by atoms with E-state index in [2.05, 4.69) is 39.8 Å². The van der Waals surface area contributed by atoms with E-state index in [4.69, 9.17) is 0 Å². The Bertz CT molecular complexity index is 126. The van der Waals surface area contributed by atoms with Crippen molar-refractivity contribution in [3.8, 4) is 0 Å². The predicted octanol–water partition coefficient (Wildman–Crippen LogP) is 2.37. The molecule has 0 aromatic rings. The monoisotopic (exact) mass is 155 g/mol. The Morgan fingerprint density at radius 3 is 1.73 bits per heavy atom. The van der Waals surface area contributed by atoms with Crippen LogP contribution in [0.1, 0.15) is 33.6 Å². The molecule has 1 aliphatic rings. The second kappa shape index (κ2) is 2.78. The maximum absolute atomic E-state index is 2.39. The van der Waals surface area contributed by atoms with Gasteiger partial charge in [-0.15, -0.1) is 0 Å². The average molecular weight is 155 g/mol. The highest BCUT2D eigenvalue weighted by Crippen LogP contribution is 2.42. The van der Waals surface area contributed by atoms with Gasteiger partial charge in [-0.25, -0.2) is 0 Å². The van der Waals surface area contributed by atoms with Crippen LogP contribution >= 0.6 is 0 Å². The van der Waals surface area contributed by atoms with Crippen molar-refractivity contribution in [1.82, 2.24) is 4.90 Å². The van der Waals surface area contributed by atoms with Crippen LogP contribution in [0.3, 0.4) is 0 Å². The van der Waals surface area contributed by atoms with Gasteiger partial charge in [-0.3, -0.25) is 0 Å². The van der Waals surface area contributed by atoms with Gasteiger partial charge in [-0.2, -0.15) is 0 Å². The Morgan fingerprint density at radius 2 is 1.64 bits per heavy atom. The van der Waals surface area contributed by atoms with Crippen molar-refractivity contribution in [2.45, 2.75) is 39.7 Å². The third-order valence-corrected chi connectivity index (χ3v) is 2.51. The number of hydrogen-bond acceptors (Lipinski definition) is 1. The standard InChI is InChI=1S/C10H21N/c1-10(2,3)9(11(4)5)8-6-7-8/h8-9H,6-7H2,1-5H3/t9-/m1/s1. The third-order valence-electron chi connectivity index (χ3n) is 2.51. The van der Waals surface area contributed by atoms with Gasteiger partial charge in [-0.05, 0) is 38.3 Å². The highest BCUT2D eigenvalue weighted by atomic mass is 15.1. The van der Waals surface area contributed by atoms with Gasteiger partial charge in [-0.1, -0.05) is 20.8 Å². The van der Waals surface area contributed by atoms with Crippen molar-refractivity contribution >= 4 is 0 Å². The number of hydrogen-bond donors (Lipinski definition) is 0. The van der Waals surface area contributed by atoms with Gasteiger partial charge in [0, 0.05) is 6.04 Å². The molecule has 11 heavy (non-hydrogen) atoms. The summed E-state index contributed by atoms with van der Waals surface area (Å²) in [6, 6.07) is 0.780. The molecule has 0 aliphatic heterocycles. The van der Waals surface area contributed by atoms with Gasteiger partial charge >= 0.3 is 0 Å². The zero-order valence-corrected chi connectivity index (χ0v) is 8.52. The third kappa shape index (κ3) is 2.19. The Labute approximate surface area is 70.8 Å². The quantitative estimate of drug-likeness (QED) is 0.592. The Kier molecular flexibility index (Phi) is 2.29. The zero-order valence-electron chi connectivity index (χ0n) is 8.52. The average Bonchev–Trinajstić information content (AvgIpc) is 2.42. The molecule has 0 bridgehead atoms. The molecule has 0 spiro atoms. The predicted molar refractivity (Wildman–Crippen MR) is 49.7 cm³/mol. The fourth-order valence-electron chi connectivity index (χ4n) is 2.32. The summed E-state index contributed by atoms with van der Waals surface area (Å²) in [7, 11) is 4.41. The minimum Gasteiger partial charge on any atom is -0.306 e. The van der Waals surface area contributed by atoms with Crippen LogP contribution in [-0.4, -0.2) is 25.0 Å². The summed E-state index contributed by atoms with van der Waals surface area (Å²) in [5.41, 5.74) is 0.449. The lowest BCUT2D eigenvalue weighted by Crippen LogP contribution is -2.41. The Hall–Kier alpha value is -0.0400. The fourth-order valence-corrected chi connectivity index (χ4v) is 2.32. The summed E-state index contributed by atoms with van der Waals surface area (Å²) in [5, 5.41) is 0. The Morgan fingerprint density at radius 1 is 1.18 bits per heavy atom. The van der Waals surface area contributed by atoms with Crippen molar-refractivity contribution in [2.75, 3.05) is 14.1 Å². The summed E-state index contributed by atoms with van der Waals surface area (Å²) < 4.78 is 0. The first-order chi connectivity index (χ1) is 4.93. The Balaban J connectivity index is 2.58. The van der Waals surface area contributed by atoms with E-state index < -0.39 is 0 Å². The van der Waals surface area contributed by atoms with Crippen LogP contribution in [0.4, 0.5) is 0 Å². The van der Waals surface area contributed by atoms with E-state index in [9.17, 15) is 0 Å². The zero-order chi connectivity index (χ0) is 8.65. The summed E-state index contributed by atoms with van der Waals surface area (Å²) in [6.07, 6.45) is 2.89. The van der Waals surface area contributed by atoms with Crippen LogP contribution < -0.4 is 0 Å². The molecule has 1 aliphatic carbocycles. The van der Waals surface area contributed by atoms with E-state index in [0.29, 0.717) is 5.41 Å². The molecule has 0 radical (unpaired) electrons.